The van der Waals surface area contributed by atoms with Crippen LogP contribution in [0.1, 0.15) is 35.7 Å². The van der Waals surface area contributed by atoms with Gasteiger partial charge in [0.1, 0.15) is 0 Å². The summed E-state index contributed by atoms with van der Waals surface area (Å²) >= 11 is 0. The summed E-state index contributed by atoms with van der Waals surface area (Å²) in [6.45, 7) is 6.30. The van der Waals surface area contributed by atoms with E-state index in [4.69, 9.17) is 0 Å². The molecule has 3 rings (SSSR count). The molecule has 5 nitrogen and oxygen atoms in total. The molecule has 1 aromatic heterocycles. The van der Waals surface area contributed by atoms with Crippen LogP contribution in [0.3, 0.4) is 0 Å². The Morgan fingerprint density at radius 2 is 2.00 bits per heavy atom. The predicted molar refractivity (Wildman–Crippen MR) is 73.5 cm³/mol. The van der Waals surface area contributed by atoms with Crippen LogP contribution >= 0.6 is 0 Å². The van der Waals surface area contributed by atoms with Gasteiger partial charge in [-0.15, -0.1) is 5.10 Å². The fourth-order valence-corrected chi connectivity index (χ4v) is 2.74. The maximum absolute atomic E-state index is 4.25. The fourth-order valence-electron chi connectivity index (χ4n) is 2.74. The molecule has 1 N–H and O–H groups in total. The van der Waals surface area contributed by atoms with Crippen LogP contribution in [0.2, 0.25) is 0 Å². The summed E-state index contributed by atoms with van der Waals surface area (Å²) in [4.78, 5) is 0. The molecule has 0 spiro atoms. The van der Waals surface area contributed by atoms with Crippen LogP contribution in [0, 0.1) is 13.8 Å². The zero-order valence-electron chi connectivity index (χ0n) is 11.4. The maximum atomic E-state index is 4.25. The normalized spacial score (nSPS) is 16.7. The largest absolute Gasteiger partial charge is 0.317 e. The Morgan fingerprint density at radius 3 is 2.74 bits per heavy atom. The highest BCUT2D eigenvalue weighted by atomic mass is 15.5. The third kappa shape index (κ3) is 2.38. The van der Waals surface area contributed by atoms with Gasteiger partial charge in [0.15, 0.2) is 5.82 Å². The smallest absolute Gasteiger partial charge is 0.159 e. The van der Waals surface area contributed by atoms with Gasteiger partial charge in [-0.1, -0.05) is 17.7 Å². The summed E-state index contributed by atoms with van der Waals surface area (Å²) in [6.07, 6.45) is 2.20. The molecular weight excluding hydrogens is 238 g/mol. The summed E-state index contributed by atoms with van der Waals surface area (Å²) in [7, 11) is 0. The molecule has 100 valence electrons. The second kappa shape index (κ2) is 5.09. The van der Waals surface area contributed by atoms with Crippen LogP contribution in [-0.2, 0) is 0 Å². The lowest BCUT2D eigenvalue weighted by atomic mass is 9.97. The van der Waals surface area contributed by atoms with Gasteiger partial charge >= 0.3 is 0 Å². The van der Waals surface area contributed by atoms with Crippen molar-refractivity contribution in [1.82, 2.24) is 25.5 Å². The molecule has 1 aliphatic heterocycles. The minimum atomic E-state index is 0.456. The standard InChI is InChI=1S/C14H19N5/c1-10-3-4-13(11(2)9-10)19-14(16-17-18-19)12-5-7-15-8-6-12/h3-4,9,12,15H,5-8H2,1-2H3. The second-order valence-corrected chi connectivity index (χ2v) is 5.26. The first-order chi connectivity index (χ1) is 9.25. The monoisotopic (exact) mass is 257 g/mol. The van der Waals surface area contributed by atoms with Crippen molar-refractivity contribution in [3.8, 4) is 5.69 Å². The van der Waals surface area contributed by atoms with Crippen molar-refractivity contribution in [1.29, 1.82) is 0 Å². The molecule has 1 aliphatic rings. The van der Waals surface area contributed by atoms with Crippen molar-refractivity contribution < 1.29 is 0 Å². The van der Waals surface area contributed by atoms with Crippen molar-refractivity contribution >= 4 is 0 Å². The van der Waals surface area contributed by atoms with E-state index in [-0.39, 0.29) is 0 Å². The molecule has 0 radical (unpaired) electrons. The molecule has 1 aromatic carbocycles. The van der Waals surface area contributed by atoms with Gasteiger partial charge in [-0.3, -0.25) is 0 Å². The topological polar surface area (TPSA) is 55.6 Å². The van der Waals surface area contributed by atoms with Crippen LogP contribution in [-0.4, -0.2) is 33.3 Å². The average Bonchev–Trinajstić information content (AvgIpc) is 2.89. The Labute approximate surface area is 113 Å². The van der Waals surface area contributed by atoms with Gasteiger partial charge in [-0.2, -0.15) is 4.68 Å². The molecule has 1 saturated heterocycles. The van der Waals surface area contributed by atoms with Crippen molar-refractivity contribution in [3.63, 3.8) is 0 Å². The third-order valence-corrected chi connectivity index (χ3v) is 3.78. The van der Waals surface area contributed by atoms with E-state index in [1.54, 1.807) is 0 Å². The Bertz CT molecular complexity index is 569. The third-order valence-electron chi connectivity index (χ3n) is 3.78. The van der Waals surface area contributed by atoms with Crippen LogP contribution < -0.4 is 5.32 Å². The molecular formula is C14H19N5. The molecule has 1 fully saturated rings. The molecule has 0 unspecified atom stereocenters. The number of nitrogens with zero attached hydrogens (tertiary/aromatic N) is 4. The molecule has 2 heterocycles. The Balaban J connectivity index is 1.99. The molecule has 2 aromatic rings. The number of aromatic nitrogens is 4. The van der Waals surface area contributed by atoms with E-state index in [1.165, 1.54) is 11.1 Å². The van der Waals surface area contributed by atoms with Crippen molar-refractivity contribution in [2.24, 2.45) is 0 Å². The van der Waals surface area contributed by atoms with Gasteiger partial charge in [0.25, 0.3) is 0 Å². The van der Waals surface area contributed by atoms with Gasteiger partial charge in [0, 0.05) is 5.92 Å². The number of tetrazole rings is 1. The van der Waals surface area contributed by atoms with E-state index in [0.717, 1.165) is 37.4 Å². The van der Waals surface area contributed by atoms with E-state index in [9.17, 15) is 0 Å². The van der Waals surface area contributed by atoms with Crippen LogP contribution in [0.5, 0.6) is 0 Å². The number of nitrogens with one attached hydrogen (secondary N) is 1. The maximum Gasteiger partial charge on any atom is 0.159 e. The van der Waals surface area contributed by atoms with E-state index >= 15 is 0 Å². The number of rotatable bonds is 2. The summed E-state index contributed by atoms with van der Waals surface area (Å²) in [6, 6.07) is 6.38. The van der Waals surface area contributed by atoms with E-state index < -0.39 is 0 Å². The van der Waals surface area contributed by atoms with E-state index in [0.29, 0.717) is 5.92 Å². The van der Waals surface area contributed by atoms with Gasteiger partial charge in [-0.05, 0) is 61.8 Å². The number of piperidine rings is 1. The van der Waals surface area contributed by atoms with Gasteiger partial charge < -0.3 is 5.32 Å². The Kier molecular flexibility index (Phi) is 3.29. The first-order valence-corrected chi connectivity index (χ1v) is 6.82. The number of benzene rings is 1. The SMILES string of the molecule is Cc1ccc(-n2nnnc2C2CCNCC2)c(C)c1. The Morgan fingerprint density at radius 1 is 1.21 bits per heavy atom. The lowest BCUT2D eigenvalue weighted by molar-refractivity contribution is 0.438. The van der Waals surface area contributed by atoms with E-state index in [1.807, 2.05) is 4.68 Å². The zero-order valence-corrected chi connectivity index (χ0v) is 11.4. The highest BCUT2D eigenvalue weighted by molar-refractivity contribution is 5.42. The summed E-state index contributed by atoms with van der Waals surface area (Å²) < 4.78 is 1.91. The first-order valence-electron chi connectivity index (χ1n) is 6.82. The minimum Gasteiger partial charge on any atom is -0.317 e. The molecule has 0 bridgehead atoms. The quantitative estimate of drug-likeness (QED) is 0.890. The van der Waals surface area contributed by atoms with Gasteiger partial charge in [-0.25, -0.2) is 0 Å². The summed E-state index contributed by atoms with van der Waals surface area (Å²) in [5, 5.41) is 15.7. The lowest BCUT2D eigenvalue weighted by Crippen LogP contribution is -2.28. The first kappa shape index (κ1) is 12.3. The van der Waals surface area contributed by atoms with Crippen LogP contribution in [0.25, 0.3) is 5.69 Å². The average molecular weight is 257 g/mol. The number of aryl methyl sites for hydroxylation is 2. The molecule has 0 atom stereocenters. The number of hydrogen-bond acceptors (Lipinski definition) is 4. The molecule has 19 heavy (non-hydrogen) atoms. The van der Waals surface area contributed by atoms with Crippen molar-refractivity contribution in [2.75, 3.05) is 13.1 Å². The molecule has 0 aliphatic carbocycles. The minimum absolute atomic E-state index is 0.456. The predicted octanol–water partition coefficient (Wildman–Crippen LogP) is 1.75. The van der Waals surface area contributed by atoms with Gasteiger partial charge in [0.05, 0.1) is 5.69 Å². The van der Waals surface area contributed by atoms with E-state index in [2.05, 4.69) is 52.9 Å². The highest BCUT2D eigenvalue weighted by Gasteiger charge is 2.22. The molecule has 5 heteroatoms. The lowest BCUT2D eigenvalue weighted by Gasteiger charge is -2.21. The van der Waals surface area contributed by atoms with Crippen LogP contribution in [0.4, 0.5) is 0 Å². The highest BCUT2D eigenvalue weighted by Crippen LogP contribution is 2.25. The second-order valence-electron chi connectivity index (χ2n) is 5.26. The zero-order chi connectivity index (χ0) is 13.2. The van der Waals surface area contributed by atoms with Crippen molar-refractivity contribution in [3.05, 3.63) is 35.2 Å². The van der Waals surface area contributed by atoms with Gasteiger partial charge in [0.2, 0.25) is 0 Å². The van der Waals surface area contributed by atoms with Crippen molar-refractivity contribution in [2.45, 2.75) is 32.6 Å². The summed E-state index contributed by atoms with van der Waals surface area (Å²) in [5.74, 6) is 1.45. The van der Waals surface area contributed by atoms with Crippen LogP contribution in [0.15, 0.2) is 18.2 Å². The summed E-state index contributed by atoms with van der Waals surface area (Å²) in [5.41, 5.74) is 3.56. The number of hydrogen-bond donors (Lipinski definition) is 1. The fraction of sp³-hybridized carbons (Fsp3) is 0.500. The Hall–Kier alpha value is -1.75. The molecule has 0 saturated carbocycles. The molecule has 0 amide bonds.